The molecule has 9 heteroatoms. The summed E-state index contributed by atoms with van der Waals surface area (Å²) in [6.07, 6.45) is 77.4. The SMILES string of the molecule is CC/C=C\C/C=C\C/C=C\CCCCCCCC(=O)OCC(COC(OCC[N+](C)(C)C)C(=O)O)OC(=O)CCCCCCCCCCCCCCCCCCCCCCCCCC/C=C\C/C=C\C/C=C\CCCCCCC. The summed E-state index contributed by atoms with van der Waals surface area (Å²) >= 11 is 0. The number of esters is 2. The van der Waals surface area contributed by atoms with E-state index in [0.29, 0.717) is 11.0 Å². The van der Waals surface area contributed by atoms with Crippen LogP contribution in [0.3, 0.4) is 0 Å². The maximum Gasteiger partial charge on any atom is 0.361 e. The molecule has 0 spiro atoms. The minimum absolute atomic E-state index is 0.184. The number of carboxylic acid groups (broad SMARTS) is 1. The van der Waals surface area contributed by atoms with Crippen LogP contribution in [-0.2, 0) is 33.3 Å². The molecule has 79 heavy (non-hydrogen) atoms. The van der Waals surface area contributed by atoms with Gasteiger partial charge in [0.1, 0.15) is 13.2 Å². The zero-order valence-electron chi connectivity index (χ0n) is 52.3. The molecule has 0 radical (unpaired) electrons. The van der Waals surface area contributed by atoms with Gasteiger partial charge in [-0.2, -0.15) is 0 Å². The second-order valence-corrected chi connectivity index (χ2v) is 23.4. The fourth-order valence-corrected chi connectivity index (χ4v) is 9.39. The first-order chi connectivity index (χ1) is 38.6. The number of allylic oxidation sites excluding steroid dienone is 12. The number of carbonyl (C=O) groups excluding carboxylic acids is 2. The molecule has 0 fully saturated rings. The first-order valence-electron chi connectivity index (χ1n) is 33.1. The lowest BCUT2D eigenvalue weighted by molar-refractivity contribution is -0.870. The third-order valence-electron chi connectivity index (χ3n) is 14.4. The van der Waals surface area contributed by atoms with Crippen molar-refractivity contribution in [1.29, 1.82) is 0 Å². The molecule has 0 saturated carbocycles. The summed E-state index contributed by atoms with van der Waals surface area (Å²) in [6.45, 7) is 4.75. The summed E-state index contributed by atoms with van der Waals surface area (Å²) in [5, 5.41) is 9.71. The monoisotopic (exact) mass is 1110 g/mol. The molecule has 2 unspecified atom stereocenters. The lowest BCUT2D eigenvalue weighted by Crippen LogP contribution is -2.40. The summed E-state index contributed by atoms with van der Waals surface area (Å²) in [6, 6.07) is 0. The van der Waals surface area contributed by atoms with Gasteiger partial charge in [-0.1, -0.05) is 273 Å². The summed E-state index contributed by atoms with van der Waals surface area (Å²) in [4.78, 5) is 37.4. The minimum Gasteiger partial charge on any atom is -0.477 e. The highest BCUT2D eigenvalue weighted by molar-refractivity contribution is 5.71. The number of aliphatic carboxylic acids is 1. The van der Waals surface area contributed by atoms with Crippen LogP contribution < -0.4 is 0 Å². The Morgan fingerprint density at radius 1 is 0.392 bits per heavy atom. The highest BCUT2D eigenvalue weighted by atomic mass is 16.7. The molecule has 0 aliphatic heterocycles. The van der Waals surface area contributed by atoms with Crippen molar-refractivity contribution < 1.29 is 42.9 Å². The highest BCUT2D eigenvalue weighted by Crippen LogP contribution is 2.18. The Morgan fingerprint density at radius 3 is 1.08 bits per heavy atom. The van der Waals surface area contributed by atoms with Gasteiger partial charge in [-0.05, 0) is 83.5 Å². The summed E-state index contributed by atoms with van der Waals surface area (Å²) in [7, 11) is 5.97. The number of likely N-dealkylation sites (N-methyl/N-ethyl adjacent to an activating group) is 1. The quantitative estimate of drug-likeness (QED) is 0.0211. The molecule has 0 amide bonds. The Morgan fingerprint density at radius 2 is 0.722 bits per heavy atom. The van der Waals surface area contributed by atoms with Crippen LogP contribution in [0.25, 0.3) is 0 Å². The van der Waals surface area contributed by atoms with E-state index in [1.165, 1.54) is 180 Å². The van der Waals surface area contributed by atoms with Gasteiger partial charge in [-0.3, -0.25) is 9.59 Å². The van der Waals surface area contributed by atoms with E-state index < -0.39 is 24.3 Å². The van der Waals surface area contributed by atoms with E-state index in [9.17, 15) is 19.5 Å². The molecule has 458 valence electrons. The first-order valence-corrected chi connectivity index (χ1v) is 33.1. The van der Waals surface area contributed by atoms with Crippen LogP contribution in [0.15, 0.2) is 72.9 Å². The molecule has 1 N–H and O–H groups in total. The van der Waals surface area contributed by atoms with Crippen molar-refractivity contribution in [2.75, 3.05) is 47.5 Å². The lowest BCUT2D eigenvalue weighted by atomic mass is 10.0. The number of hydrogen-bond donors (Lipinski definition) is 1. The van der Waals surface area contributed by atoms with Crippen LogP contribution in [-0.4, -0.2) is 87.4 Å². The van der Waals surface area contributed by atoms with Crippen molar-refractivity contribution >= 4 is 17.9 Å². The number of nitrogens with zero attached hydrogens (tertiary/aromatic N) is 1. The van der Waals surface area contributed by atoms with Crippen LogP contribution in [0, 0.1) is 0 Å². The molecule has 0 aliphatic rings. The third-order valence-corrected chi connectivity index (χ3v) is 14.4. The minimum atomic E-state index is -1.52. The molecule has 9 nitrogen and oxygen atoms in total. The molecule has 0 bridgehead atoms. The number of rotatable bonds is 61. The average Bonchev–Trinajstić information content (AvgIpc) is 3.42. The molecule has 0 heterocycles. The zero-order valence-corrected chi connectivity index (χ0v) is 52.3. The first kappa shape index (κ1) is 75.7. The summed E-state index contributed by atoms with van der Waals surface area (Å²) in [5.74, 6) is -2.02. The predicted octanol–water partition coefficient (Wildman–Crippen LogP) is 20.1. The van der Waals surface area contributed by atoms with Crippen LogP contribution in [0.2, 0.25) is 0 Å². The van der Waals surface area contributed by atoms with Crippen molar-refractivity contribution in [3.05, 3.63) is 72.9 Å². The zero-order chi connectivity index (χ0) is 57.6. The van der Waals surface area contributed by atoms with Crippen LogP contribution in [0.1, 0.15) is 296 Å². The van der Waals surface area contributed by atoms with Crippen molar-refractivity contribution in [2.24, 2.45) is 0 Å². The molecule has 2 atom stereocenters. The van der Waals surface area contributed by atoms with Crippen molar-refractivity contribution in [3.63, 3.8) is 0 Å². The van der Waals surface area contributed by atoms with Crippen molar-refractivity contribution in [1.82, 2.24) is 0 Å². The number of carbonyl (C=O) groups is 3. The Hall–Kier alpha value is -3.27. The van der Waals surface area contributed by atoms with E-state index in [4.69, 9.17) is 18.9 Å². The molecule has 0 rings (SSSR count). The van der Waals surface area contributed by atoms with Gasteiger partial charge in [0.15, 0.2) is 6.10 Å². The predicted molar refractivity (Wildman–Crippen MR) is 336 cm³/mol. The smallest absolute Gasteiger partial charge is 0.361 e. The fourth-order valence-electron chi connectivity index (χ4n) is 9.39. The Kier molecular flexibility index (Phi) is 58.3. The number of carboxylic acids is 1. The van der Waals surface area contributed by atoms with E-state index in [0.717, 1.165) is 89.9 Å². The van der Waals surface area contributed by atoms with E-state index in [-0.39, 0.29) is 38.6 Å². The molecule has 0 saturated heterocycles. The molecule has 0 aromatic carbocycles. The Balaban J connectivity index is 3.97. The number of quaternary nitrogens is 1. The van der Waals surface area contributed by atoms with Crippen LogP contribution in [0.5, 0.6) is 0 Å². The van der Waals surface area contributed by atoms with E-state index in [1.54, 1.807) is 0 Å². The lowest BCUT2D eigenvalue weighted by Gasteiger charge is -2.25. The van der Waals surface area contributed by atoms with E-state index >= 15 is 0 Å². The standard InChI is InChI=1S/C70H125NO8/c1-6-8-10-12-14-16-18-20-22-23-24-25-26-27-28-29-30-31-32-33-34-35-36-37-38-39-40-41-42-43-44-45-47-49-51-53-55-57-59-61-68(73)79-66(65-78-70(69(74)75)76-63-62-71(3,4)5)64-77-67(72)60-58-56-54-52-50-48-46-21-19-17-15-13-11-9-7-2/h9,11,15,17-18,20-21,23-24,26-27,46,66,70H,6-8,10,12-14,16,19,22,25,28-45,47-65H2,1-5H3/p+1/b11-9-,17-15-,20-18-,24-23-,27-26-,46-21-. The van der Waals surface area contributed by atoms with E-state index in [2.05, 4.69) is 86.8 Å². The van der Waals surface area contributed by atoms with Gasteiger partial charge in [0, 0.05) is 12.8 Å². The highest BCUT2D eigenvalue weighted by Gasteiger charge is 2.25. The summed E-state index contributed by atoms with van der Waals surface area (Å²) in [5.41, 5.74) is 0. The van der Waals surface area contributed by atoms with Crippen molar-refractivity contribution in [2.45, 2.75) is 309 Å². The maximum atomic E-state index is 12.9. The van der Waals surface area contributed by atoms with Gasteiger partial charge >= 0.3 is 17.9 Å². The van der Waals surface area contributed by atoms with Gasteiger partial charge in [0.2, 0.25) is 0 Å². The van der Waals surface area contributed by atoms with Crippen LogP contribution >= 0.6 is 0 Å². The molecule has 0 aromatic heterocycles. The largest absolute Gasteiger partial charge is 0.477 e. The molecule has 0 aliphatic carbocycles. The summed E-state index contributed by atoms with van der Waals surface area (Å²) < 4.78 is 22.9. The van der Waals surface area contributed by atoms with Gasteiger partial charge < -0.3 is 28.5 Å². The molecular weight excluding hydrogens is 983 g/mol. The topological polar surface area (TPSA) is 108 Å². The molecular formula is C70H126NO8+. The van der Waals surface area contributed by atoms with Crippen LogP contribution in [0.4, 0.5) is 0 Å². The second-order valence-electron chi connectivity index (χ2n) is 23.4. The average molecular weight is 1110 g/mol. The number of unbranched alkanes of at least 4 members (excludes halogenated alkanes) is 34. The van der Waals surface area contributed by atoms with E-state index in [1.807, 2.05) is 21.1 Å². The number of hydrogen-bond acceptors (Lipinski definition) is 7. The van der Waals surface area contributed by atoms with Gasteiger partial charge in [-0.25, -0.2) is 4.79 Å². The van der Waals surface area contributed by atoms with Gasteiger partial charge in [0.25, 0.3) is 6.29 Å². The normalized spacial score (nSPS) is 13.2. The second kappa shape index (κ2) is 60.8. The fraction of sp³-hybridized carbons (Fsp3) is 0.786. The molecule has 0 aromatic rings. The van der Waals surface area contributed by atoms with Gasteiger partial charge in [-0.15, -0.1) is 0 Å². The Bertz CT molecular complexity index is 1520. The maximum absolute atomic E-state index is 12.9. The Labute approximate surface area is 487 Å². The number of ether oxygens (including phenoxy) is 4. The van der Waals surface area contributed by atoms with Gasteiger partial charge in [0.05, 0.1) is 34.4 Å². The van der Waals surface area contributed by atoms with Crippen molar-refractivity contribution in [3.8, 4) is 0 Å². The third kappa shape index (κ3) is 62.2.